The van der Waals surface area contributed by atoms with Crippen LogP contribution in [0.3, 0.4) is 0 Å². The van der Waals surface area contributed by atoms with Crippen molar-refractivity contribution in [3.05, 3.63) is 46.8 Å². The molecular formula is C15H13N3O2S. The minimum absolute atomic E-state index is 0.0966. The zero-order chi connectivity index (χ0) is 15.0. The summed E-state index contributed by atoms with van der Waals surface area (Å²) in [7, 11) is 1.65. The summed E-state index contributed by atoms with van der Waals surface area (Å²) < 4.78 is 1.45. The van der Waals surface area contributed by atoms with E-state index in [0.29, 0.717) is 16.1 Å². The molecule has 1 amide bonds. The van der Waals surface area contributed by atoms with Crippen molar-refractivity contribution in [2.24, 2.45) is 12.8 Å². The molecule has 0 aliphatic rings. The minimum atomic E-state index is -0.437. The van der Waals surface area contributed by atoms with E-state index in [1.165, 1.54) is 16.3 Å². The summed E-state index contributed by atoms with van der Waals surface area (Å²) in [6, 6.07) is 11.6. The molecule has 3 rings (SSSR count). The lowest BCUT2D eigenvalue weighted by Gasteiger charge is -2.08. The molecule has 6 heteroatoms. The Morgan fingerprint density at radius 1 is 1.29 bits per heavy atom. The third-order valence-corrected chi connectivity index (χ3v) is 4.30. The molecule has 0 unspecified atom stereocenters. The molecule has 0 fully saturated rings. The molecule has 0 spiro atoms. The maximum absolute atomic E-state index is 12.4. The van der Waals surface area contributed by atoms with Gasteiger partial charge in [-0.1, -0.05) is 36.0 Å². The maximum Gasteiger partial charge on any atom is 0.261 e. The third kappa shape index (κ3) is 2.50. The number of hydrogen-bond donors (Lipinski definition) is 1. The second-order valence-corrected chi connectivity index (χ2v) is 5.67. The number of carbonyl (C=O) groups is 1. The normalized spacial score (nSPS) is 11.1. The van der Waals surface area contributed by atoms with Crippen LogP contribution in [0.15, 0.2) is 46.3 Å². The summed E-state index contributed by atoms with van der Waals surface area (Å²) in [4.78, 5) is 27.8. The first-order valence-electron chi connectivity index (χ1n) is 6.37. The summed E-state index contributed by atoms with van der Waals surface area (Å²) in [6.07, 6.45) is 0. The highest BCUT2D eigenvalue weighted by Gasteiger charge is 2.10. The summed E-state index contributed by atoms with van der Waals surface area (Å²) in [6.45, 7) is 0. The van der Waals surface area contributed by atoms with Crippen LogP contribution in [-0.2, 0) is 11.8 Å². The molecule has 0 saturated carbocycles. The molecule has 3 aromatic rings. The molecule has 2 aromatic carbocycles. The Bertz CT molecular complexity index is 918. The van der Waals surface area contributed by atoms with Crippen molar-refractivity contribution >= 4 is 39.3 Å². The van der Waals surface area contributed by atoms with Gasteiger partial charge in [0.15, 0.2) is 5.16 Å². The minimum Gasteiger partial charge on any atom is -0.369 e. The number of primary amides is 1. The van der Waals surface area contributed by atoms with Gasteiger partial charge in [0, 0.05) is 7.05 Å². The van der Waals surface area contributed by atoms with Crippen molar-refractivity contribution < 1.29 is 4.79 Å². The van der Waals surface area contributed by atoms with Gasteiger partial charge in [-0.3, -0.25) is 14.2 Å². The number of hydrogen-bond acceptors (Lipinski definition) is 4. The average Bonchev–Trinajstić information content (AvgIpc) is 2.48. The third-order valence-electron chi connectivity index (χ3n) is 3.25. The van der Waals surface area contributed by atoms with Gasteiger partial charge in [0.2, 0.25) is 5.91 Å². The molecule has 1 aromatic heterocycles. The zero-order valence-corrected chi connectivity index (χ0v) is 12.2. The molecule has 0 atom stereocenters. The standard InChI is InChI=1S/C15H13N3O2S/c1-18-14(20)11-6-9-4-2-3-5-10(9)7-12(11)17-15(18)21-8-13(16)19/h2-7H,8H2,1H3,(H2,16,19). The van der Waals surface area contributed by atoms with E-state index < -0.39 is 5.91 Å². The molecule has 21 heavy (non-hydrogen) atoms. The number of aromatic nitrogens is 2. The maximum atomic E-state index is 12.4. The van der Waals surface area contributed by atoms with Gasteiger partial charge in [0.05, 0.1) is 16.7 Å². The Balaban J connectivity index is 2.24. The molecule has 5 nitrogen and oxygen atoms in total. The molecule has 0 radical (unpaired) electrons. The molecule has 106 valence electrons. The molecule has 0 saturated heterocycles. The lowest BCUT2D eigenvalue weighted by atomic mass is 10.1. The van der Waals surface area contributed by atoms with Crippen LogP contribution in [0.2, 0.25) is 0 Å². The second kappa shape index (κ2) is 5.21. The molecule has 0 aliphatic heterocycles. The summed E-state index contributed by atoms with van der Waals surface area (Å²) in [5.74, 6) is -0.341. The van der Waals surface area contributed by atoms with Crippen LogP contribution >= 0.6 is 11.8 Å². The van der Waals surface area contributed by atoms with E-state index in [-0.39, 0.29) is 11.3 Å². The van der Waals surface area contributed by atoms with E-state index in [0.717, 1.165) is 10.8 Å². The summed E-state index contributed by atoms with van der Waals surface area (Å²) in [5.41, 5.74) is 5.64. The van der Waals surface area contributed by atoms with Crippen molar-refractivity contribution in [3.63, 3.8) is 0 Å². The number of amides is 1. The number of rotatable bonds is 3. The van der Waals surface area contributed by atoms with Gasteiger partial charge in [0.25, 0.3) is 5.56 Å². The van der Waals surface area contributed by atoms with Crippen molar-refractivity contribution in [3.8, 4) is 0 Å². The fraction of sp³-hybridized carbons (Fsp3) is 0.133. The second-order valence-electron chi connectivity index (χ2n) is 4.73. The average molecular weight is 299 g/mol. The Morgan fingerprint density at radius 2 is 1.95 bits per heavy atom. The van der Waals surface area contributed by atoms with Gasteiger partial charge < -0.3 is 5.73 Å². The van der Waals surface area contributed by atoms with Crippen LogP contribution in [0.25, 0.3) is 21.7 Å². The Labute approximate surface area is 124 Å². The lowest BCUT2D eigenvalue weighted by molar-refractivity contribution is -0.115. The van der Waals surface area contributed by atoms with Gasteiger partial charge in [-0.15, -0.1) is 0 Å². The molecule has 1 heterocycles. The van der Waals surface area contributed by atoms with Crippen LogP contribution < -0.4 is 11.3 Å². The number of carbonyl (C=O) groups excluding carboxylic acids is 1. The SMILES string of the molecule is Cn1c(SCC(N)=O)nc2cc3ccccc3cc2c1=O. The van der Waals surface area contributed by atoms with Crippen molar-refractivity contribution in [1.29, 1.82) is 0 Å². The molecular weight excluding hydrogens is 286 g/mol. The summed E-state index contributed by atoms with van der Waals surface area (Å²) in [5, 5.41) is 3.08. The van der Waals surface area contributed by atoms with E-state index in [1.54, 1.807) is 7.05 Å². The fourth-order valence-electron chi connectivity index (χ4n) is 2.20. The van der Waals surface area contributed by atoms with E-state index in [2.05, 4.69) is 4.98 Å². The predicted molar refractivity (Wildman–Crippen MR) is 84.4 cm³/mol. The van der Waals surface area contributed by atoms with Crippen LogP contribution in [0.5, 0.6) is 0 Å². The zero-order valence-electron chi connectivity index (χ0n) is 11.4. The molecule has 0 bridgehead atoms. The fourth-order valence-corrected chi connectivity index (χ4v) is 2.91. The van der Waals surface area contributed by atoms with Crippen molar-refractivity contribution in [2.45, 2.75) is 5.16 Å². The first-order valence-corrected chi connectivity index (χ1v) is 7.35. The number of fused-ring (bicyclic) bond motifs is 2. The topological polar surface area (TPSA) is 78.0 Å². The number of benzene rings is 2. The van der Waals surface area contributed by atoms with E-state index in [9.17, 15) is 9.59 Å². The smallest absolute Gasteiger partial charge is 0.261 e. The van der Waals surface area contributed by atoms with Gasteiger partial charge in [-0.25, -0.2) is 4.98 Å². The highest BCUT2D eigenvalue weighted by Crippen LogP contribution is 2.22. The highest BCUT2D eigenvalue weighted by atomic mass is 32.2. The molecule has 2 N–H and O–H groups in total. The van der Waals surface area contributed by atoms with E-state index >= 15 is 0 Å². The monoisotopic (exact) mass is 299 g/mol. The van der Waals surface area contributed by atoms with Crippen molar-refractivity contribution in [1.82, 2.24) is 9.55 Å². The summed E-state index contributed by atoms with van der Waals surface area (Å²) >= 11 is 1.17. The van der Waals surface area contributed by atoms with Gasteiger partial charge in [0.1, 0.15) is 0 Å². The Hall–Kier alpha value is -2.34. The van der Waals surface area contributed by atoms with Crippen LogP contribution in [-0.4, -0.2) is 21.2 Å². The number of nitrogens with two attached hydrogens (primary N) is 1. The van der Waals surface area contributed by atoms with Crippen LogP contribution in [0.1, 0.15) is 0 Å². The van der Waals surface area contributed by atoms with Gasteiger partial charge in [-0.05, 0) is 22.9 Å². The van der Waals surface area contributed by atoms with E-state index in [4.69, 9.17) is 5.73 Å². The van der Waals surface area contributed by atoms with Gasteiger partial charge >= 0.3 is 0 Å². The highest BCUT2D eigenvalue weighted by molar-refractivity contribution is 7.99. The first kappa shape index (κ1) is 13.6. The first-order chi connectivity index (χ1) is 10.1. The largest absolute Gasteiger partial charge is 0.369 e. The number of nitrogens with zero attached hydrogens (tertiary/aromatic N) is 2. The molecule has 0 aliphatic carbocycles. The van der Waals surface area contributed by atoms with Crippen LogP contribution in [0.4, 0.5) is 0 Å². The van der Waals surface area contributed by atoms with Crippen LogP contribution in [0, 0.1) is 0 Å². The number of thioether (sulfide) groups is 1. The Morgan fingerprint density at radius 3 is 2.62 bits per heavy atom. The Kier molecular flexibility index (Phi) is 3.39. The van der Waals surface area contributed by atoms with E-state index in [1.807, 2.05) is 36.4 Å². The predicted octanol–water partition coefficient (Wildman–Crippen LogP) is 1.66. The van der Waals surface area contributed by atoms with Gasteiger partial charge in [-0.2, -0.15) is 0 Å². The lowest BCUT2D eigenvalue weighted by Crippen LogP contribution is -2.21. The van der Waals surface area contributed by atoms with Crippen molar-refractivity contribution in [2.75, 3.05) is 5.75 Å². The quantitative estimate of drug-likeness (QED) is 0.453.